The van der Waals surface area contributed by atoms with E-state index in [1.165, 1.54) is 0 Å². The van der Waals surface area contributed by atoms with Crippen molar-refractivity contribution in [1.82, 2.24) is 0 Å². The molecule has 0 amide bonds. The van der Waals surface area contributed by atoms with Crippen LogP contribution < -0.4 is 11.5 Å². The van der Waals surface area contributed by atoms with E-state index in [1.54, 1.807) is 26.8 Å². The van der Waals surface area contributed by atoms with Gasteiger partial charge in [0, 0.05) is 16.3 Å². The molecule has 0 saturated carbocycles. The second-order valence-electron chi connectivity index (χ2n) is 5.37. The van der Waals surface area contributed by atoms with Gasteiger partial charge in [-0.05, 0) is 26.8 Å². The molecule has 0 fully saturated rings. The van der Waals surface area contributed by atoms with Gasteiger partial charge < -0.3 is 29.8 Å². The van der Waals surface area contributed by atoms with Crippen LogP contribution >= 0.6 is 0 Å². The summed E-state index contributed by atoms with van der Waals surface area (Å²) in [4.78, 5) is 24.4. The summed E-state index contributed by atoms with van der Waals surface area (Å²) in [5.41, 5.74) is 13.2. The number of benzene rings is 1. The zero-order chi connectivity index (χ0) is 18.3. The lowest BCUT2D eigenvalue weighted by molar-refractivity contribution is 0.0519. The van der Waals surface area contributed by atoms with Crippen LogP contribution in [0.2, 0.25) is 0 Å². The zero-order valence-electron chi connectivity index (χ0n) is 14.1. The molecule has 3 aromatic rings. The predicted molar refractivity (Wildman–Crippen MR) is 91.5 cm³/mol. The van der Waals surface area contributed by atoms with Gasteiger partial charge in [-0.2, -0.15) is 0 Å². The normalized spacial score (nSPS) is 11.2. The monoisotopic (exact) mass is 346 g/mol. The molecule has 8 nitrogen and oxygen atoms in total. The molecular formula is C17H18N2O6. The molecule has 0 spiro atoms. The van der Waals surface area contributed by atoms with Crippen molar-refractivity contribution in [3.63, 3.8) is 0 Å². The van der Waals surface area contributed by atoms with Crippen LogP contribution in [0.15, 0.2) is 14.9 Å². The van der Waals surface area contributed by atoms with E-state index in [-0.39, 0.29) is 36.1 Å². The third-order valence-electron chi connectivity index (χ3n) is 3.89. The number of carbonyl (C=O) groups excluding carboxylic acids is 2. The molecule has 0 aliphatic rings. The lowest BCUT2D eigenvalue weighted by atomic mass is 10.0. The Morgan fingerprint density at radius 1 is 1.00 bits per heavy atom. The molecule has 8 heteroatoms. The summed E-state index contributed by atoms with van der Waals surface area (Å²) in [6.07, 6.45) is 0. The largest absolute Gasteiger partial charge is 0.462 e. The van der Waals surface area contributed by atoms with Crippen LogP contribution in [0.4, 0.5) is 11.8 Å². The quantitative estimate of drug-likeness (QED) is 0.689. The number of hydrogen-bond donors (Lipinski definition) is 2. The summed E-state index contributed by atoms with van der Waals surface area (Å²) in [5.74, 6) is -1.31. The van der Waals surface area contributed by atoms with E-state index in [1.807, 2.05) is 0 Å². The molecule has 0 aliphatic carbocycles. The minimum Gasteiger partial charge on any atom is -0.462 e. The predicted octanol–water partition coefficient (Wildman–Crippen LogP) is 3.01. The fourth-order valence-electron chi connectivity index (χ4n) is 2.88. The van der Waals surface area contributed by atoms with Gasteiger partial charge in [0.15, 0.2) is 0 Å². The fourth-order valence-corrected chi connectivity index (χ4v) is 2.88. The molecule has 25 heavy (non-hydrogen) atoms. The Balaban J connectivity index is 2.33. The van der Waals surface area contributed by atoms with Crippen molar-refractivity contribution >= 4 is 45.6 Å². The van der Waals surface area contributed by atoms with Gasteiger partial charge in [0.1, 0.15) is 22.3 Å². The van der Waals surface area contributed by atoms with E-state index in [0.717, 1.165) is 0 Å². The van der Waals surface area contributed by atoms with E-state index in [0.29, 0.717) is 27.5 Å². The molecule has 3 rings (SSSR count). The molecule has 132 valence electrons. The third kappa shape index (κ3) is 2.46. The van der Waals surface area contributed by atoms with Crippen LogP contribution in [0.25, 0.3) is 21.9 Å². The highest BCUT2D eigenvalue weighted by atomic mass is 16.5. The first kappa shape index (κ1) is 16.7. The smallest absolute Gasteiger partial charge is 0.344 e. The topological polar surface area (TPSA) is 131 Å². The molecule has 0 aliphatic heterocycles. The summed E-state index contributed by atoms with van der Waals surface area (Å²) in [7, 11) is 0. The van der Waals surface area contributed by atoms with Gasteiger partial charge in [0.25, 0.3) is 0 Å². The van der Waals surface area contributed by atoms with Crippen molar-refractivity contribution in [3.8, 4) is 0 Å². The maximum atomic E-state index is 12.2. The first-order valence-corrected chi connectivity index (χ1v) is 7.78. The standard InChI is InChI=1S/C17H18N2O6/c1-4-22-16(20)11-8-6-9-10(7(3)13(8)25-14(11)18)12(15(19)24-9)17(21)23-5-2/h6H,4-5,18-19H2,1-3H3. The number of nitrogen functional groups attached to an aromatic ring is 2. The number of esters is 2. The molecular weight excluding hydrogens is 328 g/mol. The molecule has 0 saturated heterocycles. The molecule has 0 unspecified atom stereocenters. The highest BCUT2D eigenvalue weighted by Crippen LogP contribution is 2.39. The average molecular weight is 346 g/mol. The maximum Gasteiger partial charge on any atom is 0.344 e. The number of fused-ring (bicyclic) bond motifs is 2. The average Bonchev–Trinajstić information content (AvgIpc) is 3.04. The summed E-state index contributed by atoms with van der Waals surface area (Å²) >= 11 is 0. The van der Waals surface area contributed by atoms with E-state index in [9.17, 15) is 9.59 Å². The van der Waals surface area contributed by atoms with Crippen LogP contribution in [-0.2, 0) is 9.47 Å². The van der Waals surface area contributed by atoms with Crippen molar-refractivity contribution in [2.75, 3.05) is 24.7 Å². The highest BCUT2D eigenvalue weighted by molar-refractivity contribution is 6.16. The minimum absolute atomic E-state index is 0.0603. The van der Waals surface area contributed by atoms with Crippen LogP contribution in [0, 0.1) is 6.92 Å². The minimum atomic E-state index is -0.595. The van der Waals surface area contributed by atoms with Gasteiger partial charge in [-0.1, -0.05) is 0 Å². The van der Waals surface area contributed by atoms with Crippen LogP contribution in [0.3, 0.4) is 0 Å². The molecule has 4 N–H and O–H groups in total. The molecule has 0 radical (unpaired) electrons. The summed E-state index contributed by atoms with van der Waals surface area (Å²) in [6, 6.07) is 1.56. The van der Waals surface area contributed by atoms with Gasteiger partial charge in [0.2, 0.25) is 11.8 Å². The van der Waals surface area contributed by atoms with E-state index >= 15 is 0 Å². The first-order chi connectivity index (χ1) is 11.9. The van der Waals surface area contributed by atoms with Gasteiger partial charge in [-0.15, -0.1) is 0 Å². The maximum absolute atomic E-state index is 12.2. The Hall–Kier alpha value is -3.16. The van der Waals surface area contributed by atoms with Gasteiger partial charge in [-0.25, -0.2) is 9.59 Å². The third-order valence-corrected chi connectivity index (χ3v) is 3.89. The Bertz CT molecular complexity index is 998. The SMILES string of the molecule is CCOC(=O)c1c(N)oc2c(C)c3c(C(=O)OCC)c(N)oc3cc12. The number of carbonyl (C=O) groups is 2. The summed E-state index contributed by atoms with van der Waals surface area (Å²) in [5, 5.41) is 0.901. The lowest BCUT2D eigenvalue weighted by Crippen LogP contribution is -2.07. The lowest BCUT2D eigenvalue weighted by Gasteiger charge is -2.03. The van der Waals surface area contributed by atoms with E-state index in [4.69, 9.17) is 29.8 Å². The van der Waals surface area contributed by atoms with Crippen LogP contribution in [0.1, 0.15) is 40.1 Å². The van der Waals surface area contributed by atoms with Gasteiger partial charge in [0.05, 0.1) is 13.2 Å². The fraction of sp³-hybridized carbons (Fsp3) is 0.294. The van der Waals surface area contributed by atoms with Crippen molar-refractivity contribution in [2.45, 2.75) is 20.8 Å². The number of nitrogens with two attached hydrogens (primary N) is 2. The van der Waals surface area contributed by atoms with E-state index in [2.05, 4.69) is 0 Å². The van der Waals surface area contributed by atoms with Crippen LogP contribution in [0.5, 0.6) is 0 Å². The summed E-state index contributed by atoms with van der Waals surface area (Å²) < 4.78 is 21.1. The number of ether oxygens (including phenoxy) is 2. The molecule has 2 heterocycles. The Morgan fingerprint density at radius 2 is 1.56 bits per heavy atom. The number of rotatable bonds is 4. The Morgan fingerprint density at radius 3 is 2.16 bits per heavy atom. The zero-order valence-corrected chi connectivity index (χ0v) is 14.1. The number of furan rings is 2. The molecule has 0 atom stereocenters. The Labute approximate surface area is 142 Å². The summed E-state index contributed by atoms with van der Waals surface area (Å²) in [6.45, 7) is 5.51. The van der Waals surface area contributed by atoms with E-state index < -0.39 is 11.9 Å². The molecule has 1 aromatic carbocycles. The van der Waals surface area contributed by atoms with Crippen molar-refractivity contribution in [2.24, 2.45) is 0 Å². The number of hydrogen-bond acceptors (Lipinski definition) is 8. The number of anilines is 2. The molecule has 2 aromatic heterocycles. The molecule has 0 bridgehead atoms. The Kier molecular flexibility index (Phi) is 4.03. The number of aryl methyl sites for hydroxylation is 1. The highest BCUT2D eigenvalue weighted by Gasteiger charge is 2.28. The second-order valence-corrected chi connectivity index (χ2v) is 5.37. The van der Waals surface area contributed by atoms with Crippen molar-refractivity contribution in [3.05, 3.63) is 22.8 Å². The van der Waals surface area contributed by atoms with Gasteiger partial charge in [-0.3, -0.25) is 0 Å². The second kappa shape index (κ2) is 6.04. The van der Waals surface area contributed by atoms with Crippen molar-refractivity contribution in [1.29, 1.82) is 0 Å². The first-order valence-electron chi connectivity index (χ1n) is 7.78. The van der Waals surface area contributed by atoms with Crippen LogP contribution in [-0.4, -0.2) is 25.2 Å². The van der Waals surface area contributed by atoms with Crippen molar-refractivity contribution < 1.29 is 27.9 Å². The van der Waals surface area contributed by atoms with Gasteiger partial charge >= 0.3 is 11.9 Å².